The van der Waals surface area contributed by atoms with Crippen molar-refractivity contribution in [2.75, 3.05) is 4.90 Å². The zero-order chi connectivity index (χ0) is 20.5. The van der Waals surface area contributed by atoms with Crippen LogP contribution in [0.4, 0.5) is 5.69 Å². The number of carboxylic acids is 1. The van der Waals surface area contributed by atoms with Gasteiger partial charge < -0.3 is 9.52 Å². The molecule has 4 rings (SSSR count). The van der Waals surface area contributed by atoms with Crippen molar-refractivity contribution in [3.63, 3.8) is 0 Å². The van der Waals surface area contributed by atoms with Crippen LogP contribution in [0.1, 0.15) is 21.7 Å². The van der Waals surface area contributed by atoms with E-state index < -0.39 is 5.97 Å². The number of thiocarbonyl (C=S) groups is 1. The molecule has 2 heterocycles. The molecule has 1 amide bonds. The van der Waals surface area contributed by atoms with Gasteiger partial charge in [-0.05, 0) is 42.8 Å². The van der Waals surface area contributed by atoms with Crippen LogP contribution in [0.25, 0.3) is 17.4 Å². The average molecular weight is 421 g/mol. The Hall–Kier alpha value is -3.16. The van der Waals surface area contributed by atoms with Gasteiger partial charge in [0.25, 0.3) is 5.91 Å². The van der Waals surface area contributed by atoms with E-state index in [1.54, 1.807) is 36.4 Å². The fourth-order valence-electron chi connectivity index (χ4n) is 3.01. The van der Waals surface area contributed by atoms with E-state index in [1.807, 2.05) is 31.2 Å². The normalized spacial score (nSPS) is 15.3. The highest BCUT2D eigenvalue weighted by molar-refractivity contribution is 8.27. The predicted molar refractivity (Wildman–Crippen MR) is 118 cm³/mol. The van der Waals surface area contributed by atoms with Crippen molar-refractivity contribution in [3.05, 3.63) is 82.5 Å². The molecule has 2 aromatic carbocycles. The molecule has 0 saturated carbocycles. The number of para-hydroxylation sites is 1. The van der Waals surface area contributed by atoms with Crippen LogP contribution in [0.5, 0.6) is 0 Å². The quantitative estimate of drug-likeness (QED) is 0.452. The number of anilines is 1. The summed E-state index contributed by atoms with van der Waals surface area (Å²) in [5.41, 5.74) is 2.56. The summed E-state index contributed by atoms with van der Waals surface area (Å²) in [5, 5.41) is 9.15. The minimum atomic E-state index is -1.00. The molecule has 144 valence electrons. The lowest BCUT2D eigenvalue weighted by molar-refractivity contribution is -0.113. The summed E-state index contributed by atoms with van der Waals surface area (Å²) in [5.74, 6) is -0.182. The van der Waals surface area contributed by atoms with E-state index in [2.05, 4.69) is 0 Å². The lowest BCUT2D eigenvalue weighted by Crippen LogP contribution is -2.28. The number of carbonyl (C=O) groups excluding carboxylic acids is 1. The van der Waals surface area contributed by atoms with Crippen molar-refractivity contribution in [2.45, 2.75) is 6.92 Å². The Morgan fingerprint density at radius 1 is 1.14 bits per heavy atom. The fraction of sp³-hybridized carbons (Fsp3) is 0.0455. The molecule has 0 spiro atoms. The van der Waals surface area contributed by atoms with Gasteiger partial charge in [0.05, 0.1) is 16.2 Å². The van der Waals surface area contributed by atoms with Crippen molar-refractivity contribution < 1.29 is 19.1 Å². The average Bonchev–Trinajstić information content (AvgIpc) is 3.28. The maximum atomic E-state index is 12.9. The smallest absolute Gasteiger partial charge is 0.335 e. The number of furan rings is 1. The van der Waals surface area contributed by atoms with Gasteiger partial charge in [0.2, 0.25) is 0 Å². The summed E-state index contributed by atoms with van der Waals surface area (Å²) >= 11 is 6.64. The van der Waals surface area contributed by atoms with E-state index >= 15 is 0 Å². The molecular formula is C22H15NO4S2. The number of carbonyl (C=O) groups is 2. The number of aryl methyl sites for hydroxylation is 1. The summed E-state index contributed by atoms with van der Waals surface area (Å²) in [7, 11) is 0. The number of aromatic carboxylic acids is 1. The first-order chi connectivity index (χ1) is 13.9. The highest BCUT2D eigenvalue weighted by Crippen LogP contribution is 2.37. The van der Waals surface area contributed by atoms with E-state index in [0.29, 0.717) is 26.3 Å². The number of hydrogen-bond acceptors (Lipinski definition) is 5. The second-order valence-electron chi connectivity index (χ2n) is 6.39. The Balaban J connectivity index is 1.62. The molecule has 0 unspecified atom stereocenters. The number of carboxylic acid groups (broad SMARTS) is 1. The molecule has 0 atom stereocenters. The third-order valence-electron chi connectivity index (χ3n) is 4.44. The Bertz CT molecular complexity index is 1180. The standard InChI is InChI=1S/C22H15NO4S2/c1-13-5-2-3-8-17(13)23-20(24)19(29-22(23)28)12-16-9-10-18(27-16)14-6-4-7-15(11-14)21(25)26/h2-12H,1H3,(H,25,26)/b19-12-. The van der Waals surface area contributed by atoms with Crippen LogP contribution in [-0.4, -0.2) is 21.3 Å². The number of rotatable bonds is 4. The Labute approximate surface area is 176 Å². The zero-order valence-electron chi connectivity index (χ0n) is 15.3. The van der Waals surface area contributed by atoms with Crippen LogP contribution in [0.15, 0.2) is 70.0 Å². The molecular weight excluding hydrogens is 406 g/mol. The van der Waals surface area contributed by atoms with Crippen molar-refractivity contribution in [1.29, 1.82) is 0 Å². The van der Waals surface area contributed by atoms with Gasteiger partial charge in [0.15, 0.2) is 4.32 Å². The summed E-state index contributed by atoms with van der Waals surface area (Å²) in [4.78, 5) is 26.1. The Morgan fingerprint density at radius 2 is 1.93 bits per heavy atom. The van der Waals surface area contributed by atoms with Crippen molar-refractivity contribution in [1.82, 2.24) is 0 Å². The largest absolute Gasteiger partial charge is 0.478 e. The zero-order valence-corrected chi connectivity index (χ0v) is 16.9. The molecule has 1 fully saturated rings. The number of nitrogens with zero attached hydrogens (tertiary/aromatic N) is 1. The number of amides is 1. The molecule has 29 heavy (non-hydrogen) atoms. The second kappa shape index (κ2) is 7.69. The van der Waals surface area contributed by atoms with E-state index in [0.717, 1.165) is 11.3 Å². The van der Waals surface area contributed by atoms with E-state index in [4.69, 9.17) is 21.7 Å². The molecule has 5 nitrogen and oxygen atoms in total. The van der Waals surface area contributed by atoms with Gasteiger partial charge >= 0.3 is 5.97 Å². The first-order valence-electron chi connectivity index (χ1n) is 8.71. The molecule has 0 radical (unpaired) electrons. The third-order valence-corrected chi connectivity index (χ3v) is 5.75. The molecule has 0 bridgehead atoms. The maximum Gasteiger partial charge on any atom is 0.335 e. The van der Waals surface area contributed by atoms with Crippen LogP contribution < -0.4 is 4.90 Å². The first-order valence-corrected chi connectivity index (χ1v) is 9.93. The summed E-state index contributed by atoms with van der Waals surface area (Å²) in [6.07, 6.45) is 1.65. The fourth-order valence-corrected chi connectivity index (χ4v) is 4.27. The first kappa shape index (κ1) is 19.2. The van der Waals surface area contributed by atoms with Gasteiger partial charge in [0, 0.05) is 11.6 Å². The molecule has 1 N–H and O–H groups in total. The Kier molecular flexibility index (Phi) is 5.08. The van der Waals surface area contributed by atoms with Crippen molar-refractivity contribution in [2.24, 2.45) is 0 Å². The van der Waals surface area contributed by atoms with Gasteiger partial charge in [0.1, 0.15) is 11.5 Å². The lowest BCUT2D eigenvalue weighted by Gasteiger charge is -2.16. The SMILES string of the molecule is Cc1ccccc1N1C(=O)/C(=C/c2ccc(-c3cccc(C(=O)O)c3)o2)SC1=S. The van der Waals surface area contributed by atoms with Gasteiger partial charge in [-0.2, -0.15) is 0 Å². The minimum Gasteiger partial charge on any atom is -0.478 e. The number of thioether (sulfide) groups is 1. The van der Waals surface area contributed by atoms with E-state index in [1.165, 1.54) is 22.7 Å². The van der Waals surface area contributed by atoms with Gasteiger partial charge in [-0.15, -0.1) is 0 Å². The monoisotopic (exact) mass is 421 g/mol. The van der Waals surface area contributed by atoms with E-state index in [-0.39, 0.29) is 11.5 Å². The van der Waals surface area contributed by atoms with E-state index in [9.17, 15) is 9.59 Å². The van der Waals surface area contributed by atoms with Crippen molar-refractivity contribution in [3.8, 4) is 11.3 Å². The Morgan fingerprint density at radius 3 is 2.69 bits per heavy atom. The highest BCUT2D eigenvalue weighted by Gasteiger charge is 2.34. The molecule has 7 heteroatoms. The predicted octanol–water partition coefficient (Wildman–Crippen LogP) is 5.36. The topological polar surface area (TPSA) is 70.8 Å². The van der Waals surface area contributed by atoms with Crippen LogP contribution in [-0.2, 0) is 4.79 Å². The number of benzene rings is 2. The molecule has 1 saturated heterocycles. The van der Waals surface area contributed by atoms with Crippen LogP contribution in [0.3, 0.4) is 0 Å². The molecule has 3 aromatic rings. The third kappa shape index (κ3) is 3.74. The summed E-state index contributed by atoms with van der Waals surface area (Å²) < 4.78 is 6.29. The second-order valence-corrected chi connectivity index (χ2v) is 8.07. The molecule has 0 aliphatic carbocycles. The van der Waals surface area contributed by atoms with Gasteiger partial charge in [-0.1, -0.05) is 54.3 Å². The van der Waals surface area contributed by atoms with Crippen LogP contribution >= 0.6 is 24.0 Å². The van der Waals surface area contributed by atoms with Gasteiger partial charge in [-0.3, -0.25) is 9.69 Å². The van der Waals surface area contributed by atoms with Crippen LogP contribution in [0.2, 0.25) is 0 Å². The summed E-state index contributed by atoms with van der Waals surface area (Å²) in [6, 6.07) is 17.6. The van der Waals surface area contributed by atoms with Crippen LogP contribution in [0, 0.1) is 6.92 Å². The maximum absolute atomic E-state index is 12.9. The highest BCUT2D eigenvalue weighted by atomic mass is 32.2. The number of hydrogen-bond donors (Lipinski definition) is 1. The lowest BCUT2D eigenvalue weighted by atomic mass is 10.1. The minimum absolute atomic E-state index is 0.180. The van der Waals surface area contributed by atoms with Gasteiger partial charge in [-0.25, -0.2) is 4.79 Å². The summed E-state index contributed by atoms with van der Waals surface area (Å²) in [6.45, 7) is 1.93. The molecule has 1 aliphatic rings. The molecule has 1 aromatic heterocycles. The van der Waals surface area contributed by atoms with Crippen molar-refractivity contribution >= 4 is 51.9 Å². The molecule has 1 aliphatic heterocycles.